The lowest BCUT2D eigenvalue weighted by Gasteiger charge is -2.09. The molecule has 0 radical (unpaired) electrons. The Hall–Kier alpha value is -0.415. The van der Waals surface area contributed by atoms with Gasteiger partial charge in [-0.3, -0.25) is 0 Å². The number of ether oxygens (including phenoxy) is 1. The molecule has 0 spiro atoms. The van der Waals surface area contributed by atoms with E-state index >= 15 is 0 Å². The van der Waals surface area contributed by atoms with E-state index in [-0.39, 0.29) is 16.2 Å². The van der Waals surface area contributed by atoms with Gasteiger partial charge in [-0.15, -0.1) is 0 Å². The van der Waals surface area contributed by atoms with Crippen molar-refractivity contribution in [2.45, 2.75) is 0 Å². The van der Waals surface area contributed by atoms with Crippen molar-refractivity contribution in [2.24, 2.45) is 0 Å². The molecule has 0 aliphatic heterocycles. The van der Waals surface area contributed by atoms with Gasteiger partial charge in [-0.25, -0.2) is 0 Å². The van der Waals surface area contributed by atoms with Crippen molar-refractivity contribution in [3.63, 3.8) is 0 Å². The first kappa shape index (κ1) is 10.7. The molecule has 0 bridgehead atoms. The fraction of sp³-hybridized carbons (Fsp3) is 0.143. The molecule has 6 heteroatoms. The van der Waals surface area contributed by atoms with Crippen LogP contribution in [0.3, 0.4) is 0 Å². The van der Waals surface area contributed by atoms with E-state index in [4.69, 9.17) is 38.0 Å². The molecule has 0 aliphatic rings. The minimum Gasteiger partial charge on any atom is -0.496 e. The molecule has 0 heterocycles. The minimum absolute atomic E-state index is 0.153. The van der Waals surface area contributed by atoms with Crippen molar-refractivity contribution >= 4 is 35.8 Å². The molecule has 0 saturated carbocycles. The first-order chi connectivity index (χ1) is 6.06. The van der Waals surface area contributed by atoms with E-state index in [2.05, 4.69) is 0 Å². The largest absolute Gasteiger partial charge is 0.496 e. The van der Waals surface area contributed by atoms with E-state index < -0.39 is 7.12 Å². The Bertz CT molecular complexity index is 317. The van der Waals surface area contributed by atoms with Crippen LogP contribution in [0.4, 0.5) is 0 Å². The van der Waals surface area contributed by atoms with Gasteiger partial charge in [0.25, 0.3) is 0 Å². The predicted octanol–water partition coefficient (Wildman–Crippen LogP) is 0.682. The summed E-state index contributed by atoms with van der Waals surface area (Å²) in [4.78, 5) is 0. The summed E-state index contributed by atoms with van der Waals surface area (Å²) in [6, 6.07) is 2.85. The lowest BCUT2D eigenvalue weighted by Crippen LogP contribution is -2.31. The molecule has 1 aromatic rings. The van der Waals surface area contributed by atoms with Crippen LogP contribution >= 0.6 is 23.2 Å². The second-order valence-electron chi connectivity index (χ2n) is 2.38. The molecule has 0 saturated heterocycles. The van der Waals surface area contributed by atoms with E-state index in [0.717, 1.165) is 0 Å². The standard InChI is InChI=1S/C7H7BCl2O3/c1-13-7-5(8(11)12)2-4(9)3-6(7)10/h2-3,11-12H,1H3. The molecule has 0 atom stereocenters. The smallest absolute Gasteiger partial charge is 0.492 e. The normalized spacial score (nSPS) is 9.92. The second kappa shape index (κ2) is 4.20. The van der Waals surface area contributed by atoms with Crippen LogP contribution in [-0.2, 0) is 0 Å². The molecule has 0 fully saturated rings. The van der Waals surface area contributed by atoms with E-state index in [1.165, 1.54) is 19.2 Å². The SMILES string of the molecule is COc1c(Cl)cc(Cl)cc1B(O)O. The topological polar surface area (TPSA) is 49.7 Å². The Labute approximate surface area is 86.0 Å². The van der Waals surface area contributed by atoms with Crippen molar-refractivity contribution in [1.29, 1.82) is 0 Å². The molecule has 3 nitrogen and oxygen atoms in total. The first-order valence-electron chi connectivity index (χ1n) is 3.45. The van der Waals surface area contributed by atoms with Crippen LogP contribution in [-0.4, -0.2) is 24.3 Å². The third kappa shape index (κ3) is 2.28. The van der Waals surface area contributed by atoms with Gasteiger partial charge < -0.3 is 14.8 Å². The average Bonchev–Trinajstić information content (AvgIpc) is 2.02. The van der Waals surface area contributed by atoms with Gasteiger partial charge in [0.05, 0.1) is 12.1 Å². The maximum absolute atomic E-state index is 8.94. The Balaban J connectivity index is 3.29. The van der Waals surface area contributed by atoms with Crippen LogP contribution in [0.25, 0.3) is 0 Å². The number of hydrogen-bond acceptors (Lipinski definition) is 3. The van der Waals surface area contributed by atoms with E-state index in [1.807, 2.05) is 0 Å². The Morgan fingerprint density at radius 3 is 2.38 bits per heavy atom. The molecule has 0 aliphatic carbocycles. The van der Waals surface area contributed by atoms with Crippen LogP contribution in [0.2, 0.25) is 10.0 Å². The zero-order valence-corrected chi connectivity index (χ0v) is 8.30. The molecule has 13 heavy (non-hydrogen) atoms. The highest BCUT2D eigenvalue weighted by molar-refractivity contribution is 6.61. The lowest BCUT2D eigenvalue weighted by atomic mass is 9.79. The Morgan fingerprint density at radius 2 is 1.92 bits per heavy atom. The summed E-state index contributed by atoms with van der Waals surface area (Å²) in [5.74, 6) is 0.223. The number of benzene rings is 1. The second-order valence-corrected chi connectivity index (χ2v) is 3.23. The highest BCUT2D eigenvalue weighted by Gasteiger charge is 2.19. The minimum atomic E-state index is -1.65. The van der Waals surface area contributed by atoms with Crippen LogP contribution in [0.15, 0.2) is 12.1 Å². The molecule has 1 rings (SSSR count). The molecule has 1 aromatic carbocycles. The molecule has 0 unspecified atom stereocenters. The summed E-state index contributed by atoms with van der Waals surface area (Å²) >= 11 is 11.4. The summed E-state index contributed by atoms with van der Waals surface area (Å²) in [7, 11) is -0.257. The summed E-state index contributed by atoms with van der Waals surface area (Å²) in [6.07, 6.45) is 0. The third-order valence-corrected chi connectivity index (χ3v) is 2.02. The van der Waals surface area contributed by atoms with Crippen molar-refractivity contribution in [3.05, 3.63) is 22.2 Å². The van der Waals surface area contributed by atoms with Crippen molar-refractivity contribution in [1.82, 2.24) is 0 Å². The van der Waals surface area contributed by atoms with Crippen LogP contribution in [0.1, 0.15) is 0 Å². The lowest BCUT2D eigenvalue weighted by molar-refractivity contribution is 0.403. The number of rotatable bonds is 2. The maximum atomic E-state index is 8.94. The van der Waals surface area contributed by atoms with Gasteiger partial charge in [-0.2, -0.15) is 0 Å². The van der Waals surface area contributed by atoms with E-state index in [9.17, 15) is 0 Å². The summed E-state index contributed by atoms with van der Waals surface area (Å²) in [5.41, 5.74) is 0.153. The van der Waals surface area contributed by atoms with Gasteiger partial charge in [0.2, 0.25) is 0 Å². The molecular formula is C7H7BCl2O3. The summed E-state index contributed by atoms with van der Waals surface area (Å²) in [6.45, 7) is 0. The summed E-state index contributed by atoms with van der Waals surface area (Å²) in [5, 5.41) is 18.5. The predicted molar refractivity (Wildman–Crippen MR) is 52.8 cm³/mol. The average molecular weight is 221 g/mol. The van der Waals surface area contributed by atoms with E-state index in [0.29, 0.717) is 5.02 Å². The number of halogens is 2. The van der Waals surface area contributed by atoms with E-state index in [1.54, 1.807) is 0 Å². The zero-order chi connectivity index (χ0) is 10.0. The van der Waals surface area contributed by atoms with Gasteiger partial charge in [0.15, 0.2) is 0 Å². The first-order valence-corrected chi connectivity index (χ1v) is 4.21. The monoisotopic (exact) mass is 220 g/mol. The quantitative estimate of drug-likeness (QED) is 0.721. The number of hydrogen-bond donors (Lipinski definition) is 2. The molecule has 70 valence electrons. The van der Waals surface area contributed by atoms with Gasteiger partial charge in [-0.05, 0) is 12.1 Å². The fourth-order valence-corrected chi connectivity index (χ4v) is 1.57. The summed E-state index contributed by atoms with van der Waals surface area (Å²) < 4.78 is 4.88. The Morgan fingerprint density at radius 1 is 1.31 bits per heavy atom. The number of methoxy groups -OCH3 is 1. The van der Waals surface area contributed by atoms with Gasteiger partial charge >= 0.3 is 7.12 Å². The highest BCUT2D eigenvalue weighted by atomic mass is 35.5. The zero-order valence-electron chi connectivity index (χ0n) is 6.79. The maximum Gasteiger partial charge on any atom is 0.492 e. The fourth-order valence-electron chi connectivity index (χ4n) is 0.987. The van der Waals surface area contributed by atoms with Crippen LogP contribution in [0.5, 0.6) is 5.75 Å². The Kier molecular flexibility index (Phi) is 3.44. The molecule has 0 amide bonds. The van der Waals surface area contributed by atoms with Crippen molar-refractivity contribution in [3.8, 4) is 5.75 Å². The van der Waals surface area contributed by atoms with Crippen LogP contribution in [0, 0.1) is 0 Å². The van der Waals surface area contributed by atoms with Crippen molar-refractivity contribution in [2.75, 3.05) is 7.11 Å². The van der Waals surface area contributed by atoms with Gasteiger partial charge in [-0.1, -0.05) is 23.2 Å². The van der Waals surface area contributed by atoms with Gasteiger partial charge in [0, 0.05) is 10.5 Å². The van der Waals surface area contributed by atoms with Crippen LogP contribution < -0.4 is 10.2 Å². The molecule has 0 aromatic heterocycles. The third-order valence-electron chi connectivity index (χ3n) is 1.52. The van der Waals surface area contributed by atoms with Crippen molar-refractivity contribution < 1.29 is 14.8 Å². The van der Waals surface area contributed by atoms with Gasteiger partial charge in [0.1, 0.15) is 5.75 Å². The highest BCUT2D eigenvalue weighted by Crippen LogP contribution is 2.25. The molecule has 2 N–H and O–H groups in total. The molecular weight excluding hydrogens is 214 g/mol.